The van der Waals surface area contributed by atoms with Gasteiger partial charge in [-0.15, -0.1) is 0 Å². The molecular weight excluding hydrogens is 228 g/mol. The summed E-state index contributed by atoms with van der Waals surface area (Å²) in [6, 6.07) is 4.93. The van der Waals surface area contributed by atoms with Crippen molar-refractivity contribution in [2.75, 3.05) is 6.54 Å². The van der Waals surface area contributed by atoms with Crippen LogP contribution in [0.15, 0.2) is 18.2 Å². The third-order valence-electron chi connectivity index (χ3n) is 3.06. The highest BCUT2D eigenvalue weighted by Crippen LogP contribution is 2.17. The van der Waals surface area contributed by atoms with E-state index >= 15 is 0 Å². The lowest BCUT2D eigenvalue weighted by atomic mass is 10.00. The van der Waals surface area contributed by atoms with Crippen molar-refractivity contribution in [3.63, 3.8) is 0 Å². The van der Waals surface area contributed by atoms with Crippen LogP contribution in [0, 0.1) is 12.8 Å². The smallest absolute Gasteiger partial charge is 0.251 e. The summed E-state index contributed by atoms with van der Waals surface area (Å²) in [6.45, 7) is 6.44. The van der Waals surface area contributed by atoms with Gasteiger partial charge in [-0.3, -0.25) is 4.79 Å². The summed E-state index contributed by atoms with van der Waals surface area (Å²) in [6.07, 6.45) is 0.764. The summed E-state index contributed by atoms with van der Waals surface area (Å²) in [4.78, 5) is 12.1. The zero-order valence-electron chi connectivity index (χ0n) is 11.2. The highest BCUT2D eigenvalue weighted by molar-refractivity contribution is 5.94. The first-order valence-electron chi connectivity index (χ1n) is 6.26. The molecule has 1 unspecified atom stereocenters. The van der Waals surface area contributed by atoms with Crippen LogP contribution < -0.4 is 11.1 Å². The molecule has 0 aliphatic heterocycles. The number of phenols is 1. The first-order valence-corrected chi connectivity index (χ1v) is 6.26. The second-order valence-electron chi connectivity index (χ2n) is 4.90. The molecule has 0 radical (unpaired) electrons. The van der Waals surface area contributed by atoms with Gasteiger partial charge in [0.15, 0.2) is 0 Å². The summed E-state index contributed by atoms with van der Waals surface area (Å²) < 4.78 is 0. The van der Waals surface area contributed by atoms with Crippen molar-refractivity contribution in [3.8, 4) is 5.75 Å². The second kappa shape index (κ2) is 6.40. The molecule has 1 amide bonds. The van der Waals surface area contributed by atoms with Gasteiger partial charge < -0.3 is 16.2 Å². The van der Waals surface area contributed by atoms with E-state index in [-0.39, 0.29) is 17.7 Å². The normalized spacial score (nSPS) is 12.5. The number of hydrogen-bond acceptors (Lipinski definition) is 3. The molecule has 0 spiro atoms. The first kappa shape index (κ1) is 14.5. The molecule has 4 nitrogen and oxygen atoms in total. The summed E-state index contributed by atoms with van der Waals surface area (Å²) in [7, 11) is 0. The maximum Gasteiger partial charge on any atom is 0.251 e. The number of carbonyl (C=O) groups is 1. The number of aromatic hydroxyl groups is 1. The SMILES string of the molecule is Cc1cc(C(=O)NC(CCN)C(C)C)ccc1O. The molecule has 0 heterocycles. The maximum atomic E-state index is 12.1. The minimum Gasteiger partial charge on any atom is -0.508 e. The average Bonchev–Trinajstić information content (AvgIpc) is 2.31. The number of amides is 1. The van der Waals surface area contributed by atoms with E-state index in [4.69, 9.17) is 5.73 Å². The van der Waals surface area contributed by atoms with Crippen LogP contribution >= 0.6 is 0 Å². The lowest BCUT2D eigenvalue weighted by Gasteiger charge is -2.21. The molecule has 0 bridgehead atoms. The predicted molar refractivity (Wildman–Crippen MR) is 72.6 cm³/mol. The third-order valence-corrected chi connectivity index (χ3v) is 3.06. The second-order valence-corrected chi connectivity index (χ2v) is 4.90. The van der Waals surface area contributed by atoms with E-state index in [1.54, 1.807) is 19.1 Å². The van der Waals surface area contributed by atoms with Crippen molar-refractivity contribution >= 4 is 5.91 Å². The zero-order valence-corrected chi connectivity index (χ0v) is 11.2. The number of benzene rings is 1. The highest BCUT2D eigenvalue weighted by atomic mass is 16.3. The highest BCUT2D eigenvalue weighted by Gasteiger charge is 2.16. The molecule has 1 aromatic carbocycles. The van der Waals surface area contributed by atoms with Crippen molar-refractivity contribution in [2.45, 2.75) is 33.2 Å². The largest absolute Gasteiger partial charge is 0.508 e. The van der Waals surface area contributed by atoms with Gasteiger partial charge in [0.2, 0.25) is 0 Å². The summed E-state index contributed by atoms with van der Waals surface area (Å²) in [5, 5.41) is 12.4. The van der Waals surface area contributed by atoms with Crippen molar-refractivity contribution in [2.24, 2.45) is 11.7 Å². The number of rotatable bonds is 5. The van der Waals surface area contributed by atoms with E-state index in [1.807, 2.05) is 0 Å². The van der Waals surface area contributed by atoms with Crippen LogP contribution in [0.25, 0.3) is 0 Å². The Bertz CT molecular complexity index is 416. The molecule has 1 atom stereocenters. The van der Waals surface area contributed by atoms with Gasteiger partial charge in [-0.1, -0.05) is 13.8 Å². The molecule has 4 heteroatoms. The van der Waals surface area contributed by atoms with Crippen molar-refractivity contribution in [1.29, 1.82) is 0 Å². The molecule has 1 rings (SSSR count). The predicted octanol–water partition coefficient (Wildman–Crippen LogP) is 1.80. The van der Waals surface area contributed by atoms with Crippen LogP contribution in [0.3, 0.4) is 0 Å². The van der Waals surface area contributed by atoms with Gasteiger partial charge in [-0.05, 0) is 49.6 Å². The molecule has 100 valence electrons. The van der Waals surface area contributed by atoms with Crippen molar-refractivity contribution in [1.82, 2.24) is 5.32 Å². The fraction of sp³-hybridized carbons (Fsp3) is 0.500. The molecule has 0 fully saturated rings. The Hall–Kier alpha value is -1.55. The molecule has 0 aliphatic rings. The van der Waals surface area contributed by atoms with E-state index in [9.17, 15) is 9.90 Å². The Labute approximate surface area is 108 Å². The molecule has 18 heavy (non-hydrogen) atoms. The minimum atomic E-state index is -0.120. The third kappa shape index (κ3) is 3.74. The van der Waals surface area contributed by atoms with Gasteiger partial charge in [-0.25, -0.2) is 0 Å². The molecule has 0 saturated carbocycles. The van der Waals surface area contributed by atoms with Crippen molar-refractivity contribution in [3.05, 3.63) is 29.3 Å². The zero-order chi connectivity index (χ0) is 13.7. The standard InChI is InChI=1S/C14H22N2O2/c1-9(2)12(6-7-15)16-14(18)11-4-5-13(17)10(3)8-11/h4-5,8-9,12,17H,6-7,15H2,1-3H3,(H,16,18). The number of phenolic OH excluding ortho intramolecular Hbond substituents is 1. The lowest BCUT2D eigenvalue weighted by Crippen LogP contribution is -2.39. The van der Waals surface area contributed by atoms with E-state index in [1.165, 1.54) is 6.07 Å². The number of nitrogens with two attached hydrogens (primary N) is 1. The summed E-state index contributed by atoms with van der Waals surface area (Å²) >= 11 is 0. The number of aryl methyl sites for hydroxylation is 1. The lowest BCUT2D eigenvalue weighted by molar-refractivity contribution is 0.0924. The summed E-state index contributed by atoms with van der Waals surface area (Å²) in [5.41, 5.74) is 6.80. The van der Waals surface area contributed by atoms with Gasteiger partial charge in [0, 0.05) is 11.6 Å². The van der Waals surface area contributed by atoms with Gasteiger partial charge in [0.25, 0.3) is 5.91 Å². The monoisotopic (exact) mass is 250 g/mol. The number of nitrogens with one attached hydrogen (secondary N) is 1. The average molecular weight is 250 g/mol. The van der Waals surface area contributed by atoms with Crippen LogP contribution in [0.5, 0.6) is 5.75 Å². The number of hydrogen-bond donors (Lipinski definition) is 3. The molecule has 0 aromatic heterocycles. The summed E-state index contributed by atoms with van der Waals surface area (Å²) in [5.74, 6) is 0.426. The Morgan fingerprint density at radius 1 is 1.44 bits per heavy atom. The molecule has 0 saturated heterocycles. The van der Waals surface area contributed by atoms with Crippen LogP contribution in [0.1, 0.15) is 36.2 Å². The molecule has 1 aromatic rings. The molecule has 0 aliphatic carbocycles. The van der Waals surface area contributed by atoms with Gasteiger partial charge in [0.05, 0.1) is 0 Å². The topological polar surface area (TPSA) is 75.4 Å². The van der Waals surface area contributed by atoms with Crippen LogP contribution in [-0.2, 0) is 0 Å². The quantitative estimate of drug-likeness (QED) is 0.746. The van der Waals surface area contributed by atoms with Crippen LogP contribution in [0.2, 0.25) is 0 Å². The van der Waals surface area contributed by atoms with Crippen LogP contribution in [0.4, 0.5) is 0 Å². The van der Waals surface area contributed by atoms with E-state index in [0.29, 0.717) is 23.6 Å². The van der Waals surface area contributed by atoms with Crippen molar-refractivity contribution < 1.29 is 9.90 Å². The Balaban J connectivity index is 2.77. The van der Waals surface area contributed by atoms with E-state index in [2.05, 4.69) is 19.2 Å². The Morgan fingerprint density at radius 2 is 2.11 bits per heavy atom. The fourth-order valence-electron chi connectivity index (χ4n) is 1.80. The van der Waals surface area contributed by atoms with Gasteiger partial charge in [0.1, 0.15) is 5.75 Å². The Morgan fingerprint density at radius 3 is 2.61 bits per heavy atom. The van der Waals surface area contributed by atoms with Gasteiger partial charge >= 0.3 is 0 Å². The van der Waals surface area contributed by atoms with Gasteiger partial charge in [-0.2, -0.15) is 0 Å². The minimum absolute atomic E-state index is 0.0802. The first-order chi connectivity index (χ1) is 8.45. The fourth-order valence-corrected chi connectivity index (χ4v) is 1.80. The van der Waals surface area contributed by atoms with Crippen LogP contribution in [-0.4, -0.2) is 23.6 Å². The number of carbonyl (C=O) groups excluding carboxylic acids is 1. The molecule has 4 N–H and O–H groups in total. The van der Waals surface area contributed by atoms with E-state index in [0.717, 1.165) is 6.42 Å². The molecular formula is C14H22N2O2. The van der Waals surface area contributed by atoms with E-state index < -0.39 is 0 Å². The Kier molecular flexibility index (Phi) is 5.16. The maximum absolute atomic E-state index is 12.1.